The number of phenolic OH excluding ortho intramolecular Hbond substituents is 2. The number of nitrogens with two attached hydrogens (primary N) is 1. The van der Waals surface area contributed by atoms with Crippen molar-refractivity contribution in [3.63, 3.8) is 0 Å². The van der Waals surface area contributed by atoms with E-state index in [1.165, 1.54) is 31.4 Å². The highest BCUT2D eigenvalue weighted by atomic mass is 16.4. The molecule has 158 valence electrons. The van der Waals surface area contributed by atoms with Crippen LogP contribution in [-0.2, 0) is 20.8 Å². The molecule has 0 bridgehead atoms. The van der Waals surface area contributed by atoms with Gasteiger partial charge in [0.1, 0.15) is 0 Å². The van der Waals surface area contributed by atoms with Crippen molar-refractivity contribution in [1.82, 2.24) is 5.32 Å². The molecule has 6 N–H and O–H groups in total. The molecule has 0 aromatic heterocycles. The number of benzene rings is 1. The van der Waals surface area contributed by atoms with Gasteiger partial charge in [0.15, 0.2) is 11.5 Å². The molecule has 0 spiro atoms. The number of rotatable bonds is 12. The maximum Gasteiger partial charge on any atom is 0.303 e. The van der Waals surface area contributed by atoms with Gasteiger partial charge >= 0.3 is 5.97 Å². The molecule has 1 rings (SSSR count). The second kappa shape index (κ2) is 15.3. The number of carbonyl (C=O) groups excluding carboxylic acids is 2. The summed E-state index contributed by atoms with van der Waals surface area (Å²) in [5.74, 6) is -1.89. The molecule has 8 nitrogen and oxygen atoms in total. The Morgan fingerprint density at radius 3 is 2.21 bits per heavy atom. The lowest BCUT2D eigenvalue weighted by Gasteiger charge is -2.05. The summed E-state index contributed by atoms with van der Waals surface area (Å²) in [6, 6.07) is 4.42. The van der Waals surface area contributed by atoms with Gasteiger partial charge in [0.05, 0.1) is 6.42 Å². The van der Waals surface area contributed by atoms with Gasteiger partial charge in [-0.15, -0.1) is 0 Å². The first kappa shape index (κ1) is 25.2. The van der Waals surface area contributed by atoms with Crippen molar-refractivity contribution in [3.05, 3.63) is 23.8 Å². The molecule has 0 saturated heterocycles. The number of carbonyl (C=O) groups is 3. The highest BCUT2D eigenvalue weighted by Crippen LogP contribution is 2.24. The summed E-state index contributed by atoms with van der Waals surface area (Å²) in [6.45, 7) is 2.52. The van der Waals surface area contributed by atoms with Crippen LogP contribution in [0.1, 0.15) is 63.9 Å². The minimum Gasteiger partial charge on any atom is -0.504 e. The lowest BCUT2D eigenvalue weighted by Crippen LogP contribution is -2.25. The maximum absolute atomic E-state index is 11.2. The molecule has 0 radical (unpaired) electrons. The number of aliphatic carboxylic acids is 1. The van der Waals surface area contributed by atoms with Crippen molar-refractivity contribution < 1.29 is 29.7 Å². The number of carboxylic acids is 1. The van der Waals surface area contributed by atoms with Gasteiger partial charge in [0, 0.05) is 19.4 Å². The van der Waals surface area contributed by atoms with Crippen molar-refractivity contribution in [2.75, 3.05) is 6.54 Å². The van der Waals surface area contributed by atoms with Crippen molar-refractivity contribution in [3.8, 4) is 11.5 Å². The van der Waals surface area contributed by atoms with E-state index in [1.54, 1.807) is 6.07 Å². The molecule has 2 amide bonds. The largest absolute Gasteiger partial charge is 0.504 e. The topological polar surface area (TPSA) is 150 Å². The van der Waals surface area contributed by atoms with E-state index in [-0.39, 0.29) is 36.2 Å². The van der Waals surface area contributed by atoms with E-state index in [9.17, 15) is 19.5 Å². The Labute approximate surface area is 165 Å². The van der Waals surface area contributed by atoms with E-state index in [2.05, 4.69) is 12.2 Å². The Hall–Kier alpha value is -2.77. The average molecular weight is 396 g/mol. The second-order valence-electron chi connectivity index (χ2n) is 6.45. The van der Waals surface area contributed by atoms with Crippen LogP contribution in [0.5, 0.6) is 11.5 Å². The first-order chi connectivity index (χ1) is 13.3. The Morgan fingerprint density at radius 2 is 1.64 bits per heavy atom. The quantitative estimate of drug-likeness (QED) is 0.270. The number of hydrogen-bond acceptors (Lipinski definition) is 5. The molecule has 8 heteroatoms. The number of aromatic hydroxyl groups is 2. The molecular formula is C20H32N2O6. The molecule has 28 heavy (non-hydrogen) atoms. The Kier molecular flexibility index (Phi) is 13.8. The number of primary amides is 1. The molecule has 1 aromatic carbocycles. The van der Waals surface area contributed by atoms with Gasteiger partial charge in [-0.25, -0.2) is 0 Å². The SMILES string of the molecule is CCCCCCCC(N)=O.O=C(O)CCC(=O)NCCc1ccc(O)c(O)c1. The predicted molar refractivity (Wildman–Crippen MR) is 106 cm³/mol. The molecule has 0 aliphatic rings. The standard InChI is InChI=1S/C12H15NO5.C8H17NO/c14-9-2-1-8(7-10(9)15)5-6-13-11(16)3-4-12(17)18;1-2-3-4-5-6-7-8(9)10/h1-2,7,14-15H,3-6H2,(H,13,16)(H,17,18);2-7H2,1H3,(H2,9,10). The number of amides is 2. The van der Waals surface area contributed by atoms with Crippen molar-refractivity contribution in [1.29, 1.82) is 0 Å². The fourth-order valence-electron chi connectivity index (χ4n) is 2.28. The van der Waals surface area contributed by atoms with Crippen LogP contribution in [0.4, 0.5) is 0 Å². The van der Waals surface area contributed by atoms with Crippen LogP contribution in [0.3, 0.4) is 0 Å². The fraction of sp³-hybridized carbons (Fsp3) is 0.550. The smallest absolute Gasteiger partial charge is 0.303 e. The highest BCUT2D eigenvalue weighted by molar-refractivity contribution is 5.80. The Bertz CT molecular complexity index is 619. The number of unbranched alkanes of at least 4 members (excludes halogenated alkanes) is 4. The summed E-state index contributed by atoms with van der Waals surface area (Å²) in [7, 11) is 0. The van der Waals surface area contributed by atoms with E-state index in [0.29, 0.717) is 19.4 Å². The number of carboxylic acid groups (broad SMARTS) is 1. The van der Waals surface area contributed by atoms with Crippen LogP contribution in [0.15, 0.2) is 18.2 Å². The zero-order valence-corrected chi connectivity index (χ0v) is 16.4. The third-order valence-corrected chi connectivity index (χ3v) is 3.87. The van der Waals surface area contributed by atoms with E-state index >= 15 is 0 Å². The van der Waals surface area contributed by atoms with Gasteiger partial charge < -0.3 is 26.4 Å². The van der Waals surface area contributed by atoms with Gasteiger partial charge in [-0.05, 0) is 30.5 Å². The van der Waals surface area contributed by atoms with Crippen LogP contribution in [-0.4, -0.2) is 39.6 Å². The number of phenols is 2. The summed E-state index contributed by atoms with van der Waals surface area (Å²) in [5, 5.41) is 29.3. The van der Waals surface area contributed by atoms with Crippen molar-refractivity contribution in [2.24, 2.45) is 5.73 Å². The van der Waals surface area contributed by atoms with Gasteiger partial charge in [0.25, 0.3) is 0 Å². The zero-order chi connectivity index (χ0) is 21.4. The Balaban J connectivity index is 0.000000621. The summed E-state index contributed by atoms with van der Waals surface area (Å²) in [5.41, 5.74) is 5.74. The minimum atomic E-state index is -1.01. The van der Waals surface area contributed by atoms with Crippen LogP contribution in [0, 0.1) is 0 Å². The lowest BCUT2D eigenvalue weighted by molar-refractivity contribution is -0.138. The third-order valence-electron chi connectivity index (χ3n) is 3.87. The van der Waals surface area contributed by atoms with E-state index in [0.717, 1.165) is 18.4 Å². The van der Waals surface area contributed by atoms with Crippen LogP contribution in [0.2, 0.25) is 0 Å². The monoisotopic (exact) mass is 396 g/mol. The van der Waals surface area contributed by atoms with Gasteiger partial charge in [-0.2, -0.15) is 0 Å². The maximum atomic E-state index is 11.2. The molecule has 0 aliphatic heterocycles. The van der Waals surface area contributed by atoms with Crippen molar-refractivity contribution >= 4 is 17.8 Å². The minimum absolute atomic E-state index is 0.0455. The first-order valence-corrected chi connectivity index (χ1v) is 9.53. The highest BCUT2D eigenvalue weighted by Gasteiger charge is 2.05. The van der Waals surface area contributed by atoms with E-state index in [4.69, 9.17) is 15.9 Å². The molecule has 0 unspecified atom stereocenters. The molecule has 1 aromatic rings. The van der Waals surface area contributed by atoms with Gasteiger partial charge in [-0.1, -0.05) is 38.7 Å². The molecule has 0 heterocycles. The molecular weight excluding hydrogens is 364 g/mol. The van der Waals surface area contributed by atoms with Crippen LogP contribution >= 0.6 is 0 Å². The lowest BCUT2D eigenvalue weighted by atomic mass is 10.1. The second-order valence-corrected chi connectivity index (χ2v) is 6.45. The molecule has 0 aliphatic carbocycles. The Morgan fingerprint density at radius 1 is 0.964 bits per heavy atom. The van der Waals surface area contributed by atoms with Gasteiger partial charge in [0.2, 0.25) is 11.8 Å². The van der Waals surface area contributed by atoms with E-state index in [1.807, 2.05) is 0 Å². The fourth-order valence-corrected chi connectivity index (χ4v) is 2.28. The summed E-state index contributed by atoms with van der Waals surface area (Å²) >= 11 is 0. The average Bonchev–Trinajstić information content (AvgIpc) is 2.63. The molecule has 0 fully saturated rings. The van der Waals surface area contributed by atoms with Gasteiger partial charge in [-0.3, -0.25) is 14.4 Å². The summed E-state index contributed by atoms with van der Waals surface area (Å²) < 4.78 is 0. The third kappa shape index (κ3) is 14.4. The first-order valence-electron chi connectivity index (χ1n) is 9.53. The molecule has 0 saturated carbocycles. The molecule has 0 atom stereocenters. The van der Waals surface area contributed by atoms with E-state index < -0.39 is 5.97 Å². The van der Waals surface area contributed by atoms with Crippen LogP contribution in [0.25, 0.3) is 0 Å². The number of nitrogens with one attached hydrogen (secondary N) is 1. The zero-order valence-electron chi connectivity index (χ0n) is 16.4. The summed E-state index contributed by atoms with van der Waals surface area (Å²) in [6.07, 6.45) is 6.70. The number of hydrogen-bond donors (Lipinski definition) is 5. The summed E-state index contributed by atoms with van der Waals surface area (Å²) in [4.78, 5) is 31.7. The normalized spacial score (nSPS) is 9.89. The van der Waals surface area contributed by atoms with Crippen molar-refractivity contribution in [2.45, 2.75) is 64.7 Å². The predicted octanol–water partition coefficient (Wildman–Crippen LogP) is 2.45. The van der Waals surface area contributed by atoms with Crippen LogP contribution < -0.4 is 11.1 Å².